The monoisotopic (exact) mass is 528 g/mol. The molecule has 38 heavy (non-hydrogen) atoms. The van der Waals surface area contributed by atoms with Gasteiger partial charge in [-0.05, 0) is 51.5 Å². The standard InChI is InChI=1S/C29H36O9/c1-17-7-10-27-15-34-24(32)13-19-8-11-35-28(18(2)30,25(19)33)9-5-4-6-23(31)38-20-14-22(37-21(27)12-17)29(16-36-29)26(20,27)3/h4,6,12-13,20-22,25,33H,5,7-11,14-16H2,1-3H3/b6-4+,19-13-/t20-,21-,22-,25-,26-,27-,28+,29+/m1/s1. The summed E-state index contributed by atoms with van der Waals surface area (Å²) in [6, 6.07) is 0. The van der Waals surface area contributed by atoms with Gasteiger partial charge in [0.05, 0.1) is 30.8 Å². The highest BCUT2D eigenvalue weighted by Gasteiger charge is 2.83. The van der Waals surface area contributed by atoms with E-state index in [-0.39, 0.29) is 37.6 Å². The van der Waals surface area contributed by atoms with E-state index < -0.39 is 46.2 Å². The van der Waals surface area contributed by atoms with Crippen LogP contribution in [0.2, 0.25) is 0 Å². The number of epoxide rings is 1. The molecule has 6 aliphatic rings. The third kappa shape index (κ3) is 3.48. The van der Waals surface area contributed by atoms with E-state index in [4.69, 9.17) is 23.7 Å². The number of hydrogen-bond donors (Lipinski definition) is 1. The first-order valence-electron chi connectivity index (χ1n) is 13.6. The number of cyclic esters (lactones) is 1. The molecular formula is C29H36O9. The second-order valence-electron chi connectivity index (χ2n) is 12.0. The Bertz CT molecular complexity index is 1150. The average Bonchev–Trinajstić information content (AvgIpc) is 3.65. The van der Waals surface area contributed by atoms with Crippen molar-refractivity contribution >= 4 is 17.7 Å². The van der Waals surface area contributed by atoms with Crippen LogP contribution in [0.5, 0.6) is 0 Å². The topological polar surface area (TPSA) is 121 Å². The number of ketones is 1. The van der Waals surface area contributed by atoms with Crippen LogP contribution in [-0.2, 0) is 38.1 Å². The van der Waals surface area contributed by atoms with Crippen LogP contribution in [0, 0.1) is 10.8 Å². The molecule has 2 aliphatic carbocycles. The number of carbonyl (C=O) groups is 3. The first-order valence-corrected chi connectivity index (χ1v) is 13.6. The molecule has 1 N–H and O–H groups in total. The summed E-state index contributed by atoms with van der Waals surface area (Å²) in [5.41, 5.74) is -1.77. The summed E-state index contributed by atoms with van der Waals surface area (Å²) in [4.78, 5) is 38.9. The Morgan fingerprint density at radius 2 is 1.87 bits per heavy atom. The van der Waals surface area contributed by atoms with Crippen molar-refractivity contribution in [1.82, 2.24) is 0 Å². The van der Waals surface area contributed by atoms with Crippen LogP contribution in [0.25, 0.3) is 0 Å². The SMILES string of the molecule is CC(=O)[C@]12CC/C=C/C(=O)O[C@@H]3C[C@H]4O[C@@H]5C=C(C)CC[C@]5(COC(=O)/C=C(/CCO1)[C@H]2O)[C@]3(C)[C@]41CO1. The summed E-state index contributed by atoms with van der Waals surface area (Å²) < 4.78 is 30.6. The summed E-state index contributed by atoms with van der Waals surface area (Å²) in [6.45, 7) is 6.28. The molecule has 0 aromatic carbocycles. The highest BCUT2D eigenvalue weighted by atomic mass is 16.6. The van der Waals surface area contributed by atoms with Crippen molar-refractivity contribution in [1.29, 1.82) is 0 Å². The molecule has 4 bridgehead atoms. The van der Waals surface area contributed by atoms with Crippen LogP contribution in [-0.4, -0.2) is 78.3 Å². The maximum Gasteiger partial charge on any atom is 0.330 e. The van der Waals surface area contributed by atoms with Crippen LogP contribution in [0.4, 0.5) is 0 Å². The molecule has 4 heterocycles. The summed E-state index contributed by atoms with van der Waals surface area (Å²) in [7, 11) is 0. The number of carbonyl (C=O) groups excluding carboxylic acids is 3. The van der Waals surface area contributed by atoms with E-state index in [1.165, 1.54) is 24.6 Å². The van der Waals surface area contributed by atoms with Crippen LogP contribution >= 0.6 is 0 Å². The fourth-order valence-electron chi connectivity index (χ4n) is 7.88. The molecule has 0 aromatic rings. The van der Waals surface area contributed by atoms with Gasteiger partial charge < -0.3 is 28.8 Å². The second-order valence-corrected chi connectivity index (χ2v) is 12.0. The number of ether oxygens (including phenoxy) is 5. The minimum absolute atomic E-state index is 0.0483. The van der Waals surface area contributed by atoms with Gasteiger partial charge in [0.2, 0.25) is 0 Å². The molecule has 8 atom stereocenters. The van der Waals surface area contributed by atoms with E-state index in [0.717, 1.165) is 6.42 Å². The number of Topliss-reactive ketones (excluding diaryl/α,β-unsaturated/α-hetero) is 1. The van der Waals surface area contributed by atoms with E-state index in [0.29, 0.717) is 37.9 Å². The van der Waals surface area contributed by atoms with E-state index in [1.807, 2.05) is 0 Å². The van der Waals surface area contributed by atoms with Crippen LogP contribution in [0.1, 0.15) is 59.3 Å². The Kier molecular flexibility index (Phi) is 6.03. The Morgan fingerprint density at radius 3 is 2.61 bits per heavy atom. The third-order valence-electron chi connectivity index (χ3n) is 10.3. The molecule has 0 unspecified atom stereocenters. The zero-order valence-electron chi connectivity index (χ0n) is 22.2. The lowest BCUT2D eigenvalue weighted by Crippen LogP contribution is -2.66. The Hall–Kier alpha value is -2.33. The predicted octanol–water partition coefficient (Wildman–Crippen LogP) is 2.50. The molecule has 0 radical (unpaired) electrons. The van der Waals surface area contributed by atoms with Gasteiger partial charge in [-0.25, -0.2) is 9.59 Å². The first-order chi connectivity index (χ1) is 18.1. The summed E-state index contributed by atoms with van der Waals surface area (Å²) >= 11 is 0. The Labute approximate surface area is 222 Å². The molecule has 9 heteroatoms. The Balaban J connectivity index is 1.42. The number of aliphatic hydroxyl groups is 1. The lowest BCUT2D eigenvalue weighted by atomic mass is 9.51. The van der Waals surface area contributed by atoms with Gasteiger partial charge in [0.1, 0.15) is 24.4 Å². The summed E-state index contributed by atoms with van der Waals surface area (Å²) in [5.74, 6) is -1.41. The molecule has 2 spiro atoms. The zero-order chi connectivity index (χ0) is 26.9. The van der Waals surface area contributed by atoms with Crippen molar-refractivity contribution in [2.24, 2.45) is 10.8 Å². The highest BCUT2D eigenvalue weighted by molar-refractivity contribution is 5.88. The maximum absolute atomic E-state index is 13.2. The maximum atomic E-state index is 13.2. The number of fused-ring (bicyclic) bond motifs is 2. The van der Waals surface area contributed by atoms with Crippen LogP contribution in [0.15, 0.2) is 35.5 Å². The van der Waals surface area contributed by atoms with Crippen molar-refractivity contribution in [3.05, 3.63) is 35.5 Å². The molecular weight excluding hydrogens is 492 g/mol. The fourth-order valence-corrected chi connectivity index (χ4v) is 7.88. The van der Waals surface area contributed by atoms with Crippen molar-refractivity contribution in [3.63, 3.8) is 0 Å². The van der Waals surface area contributed by atoms with Gasteiger partial charge in [-0.2, -0.15) is 0 Å². The molecule has 4 fully saturated rings. The van der Waals surface area contributed by atoms with Gasteiger partial charge in [0.15, 0.2) is 11.4 Å². The number of aliphatic hydroxyl groups excluding tert-OH is 1. The van der Waals surface area contributed by atoms with Gasteiger partial charge in [0.25, 0.3) is 0 Å². The van der Waals surface area contributed by atoms with E-state index >= 15 is 0 Å². The minimum atomic E-state index is -1.49. The Morgan fingerprint density at radius 1 is 1.08 bits per heavy atom. The minimum Gasteiger partial charge on any atom is -0.462 e. The third-order valence-corrected chi connectivity index (χ3v) is 10.3. The summed E-state index contributed by atoms with van der Waals surface area (Å²) in [6.07, 6.45) is 6.90. The van der Waals surface area contributed by atoms with Gasteiger partial charge in [-0.15, -0.1) is 0 Å². The number of rotatable bonds is 1. The molecule has 4 aliphatic heterocycles. The van der Waals surface area contributed by atoms with Crippen molar-refractivity contribution < 1.29 is 43.2 Å². The molecule has 0 aromatic heterocycles. The highest BCUT2D eigenvalue weighted by Crippen LogP contribution is 2.72. The normalized spacial score (nSPS) is 48.6. The van der Waals surface area contributed by atoms with Gasteiger partial charge in [0, 0.05) is 24.0 Å². The van der Waals surface area contributed by atoms with Gasteiger partial charge in [-0.3, -0.25) is 4.79 Å². The van der Waals surface area contributed by atoms with Gasteiger partial charge in [-0.1, -0.05) is 24.6 Å². The first kappa shape index (κ1) is 25.9. The van der Waals surface area contributed by atoms with E-state index in [2.05, 4.69) is 19.9 Å². The quantitative estimate of drug-likeness (QED) is 0.311. The average molecular weight is 529 g/mol. The molecule has 206 valence electrons. The predicted molar refractivity (Wildman–Crippen MR) is 133 cm³/mol. The number of allylic oxidation sites excluding steroid dienone is 2. The van der Waals surface area contributed by atoms with E-state index in [9.17, 15) is 19.5 Å². The second kappa shape index (κ2) is 8.84. The summed E-state index contributed by atoms with van der Waals surface area (Å²) in [5, 5.41) is 11.2. The molecule has 3 saturated heterocycles. The number of hydrogen-bond acceptors (Lipinski definition) is 9. The zero-order valence-corrected chi connectivity index (χ0v) is 22.2. The van der Waals surface area contributed by atoms with Crippen LogP contribution in [0.3, 0.4) is 0 Å². The van der Waals surface area contributed by atoms with Crippen LogP contribution < -0.4 is 0 Å². The van der Waals surface area contributed by atoms with Gasteiger partial charge >= 0.3 is 11.9 Å². The van der Waals surface area contributed by atoms with Crippen molar-refractivity contribution in [2.75, 3.05) is 19.8 Å². The van der Waals surface area contributed by atoms with E-state index in [1.54, 1.807) is 6.08 Å². The number of esters is 2. The largest absolute Gasteiger partial charge is 0.462 e. The molecule has 9 nitrogen and oxygen atoms in total. The molecule has 6 rings (SSSR count). The smallest absolute Gasteiger partial charge is 0.330 e. The van der Waals surface area contributed by atoms with Crippen molar-refractivity contribution in [2.45, 2.75) is 94.9 Å². The molecule has 0 amide bonds. The molecule has 1 saturated carbocycles. The lowest BCUT2D eigenvalue weighted by molar-refractivity contribution is -0.232. The lowest BCUT2D eigenvalue weighted by Gasteiger charge is -2.58. The van der Waals surface area contributed by atoms with Crippen molar-refractivity contribution in [3.8, 4) is 0 Å². The fraction of sp³-hybridized carbons (Fsp3) is 0.690.